The Morgan fingerprint density at radius 3 is 2.74 bits per heavy atom. The van der Waals surface area contributed by atoms with Crippen LogP contribution in [0.1, 0.15) is 10.4 Å². The van der Waals surface area contributed by atoms with E-state index in [0.29, 0.717) is 16.5 Å². The van der Waals surface area contributed by atoms with Crippen LogP contribution in [0.15, 0.2) is 41.3 Å². The topological polar surface area (TPSA) is 71.2 Å². The molecule has 6 heteroatoms. The summed E-state index contributed by atoms with van der Waals surface area (Å²) in [5.41, 5.74) is 0.465. The van der Waals surface area contributed by atoms with Crippen LogP contribution in [0.25, 0.3) is 0 Å². The van der Waals surface area contributed by atoms with Crippen molar-refractivity contribution in [3.8, 4) is 5.75 Å². The standard InChI is InChI=1S/C13H11ClN2O3/c1-19-11-3-2-9(7-10(11)14)16-13(18)8-4-5-15-12(17)6-8/h2-7H,1H3,(H,15,17)(H,16,18). The first kappa shape index (κ1) is 13.2. The summed E-state index contributed by atoms with van der Waals surface area (Å²) in [4.78, 5) is 25.4. The van der Waals surface area contributed by atoms with Crippen molar-refractivity contribution in [2.75, 3.05) is 12.4 Å². The van der Waals surface area contributed by atoms with Gasteiger partial charge in [0.2, 0.25) is 5.56 Å². The molecule has 98 valence electrons. The van der Waals surface area contributed by atoms with Crippen LogP contribution in [0.5, 0.6) is 5.75 Å². The van der Waals surface area contributed by atoms with E-state index in [-0.39, 0.29) is 17.0 Å². The molecule has 0 unspecified atom stereocenters. The molecular weight excluding hydrogens is 268 g/mol. The van der Waals surface area contributed by atoms with Gasteiger partial charge in [0.15, 0.2) is 0 Å². The average molecular weight is 279 g/mol. The van der Waals surface area contributed by atoms with Crippen molar-refractivity contribution in [1.29, 1.82) is 0 Å². The van der Waals surface area contributed by atoms with Gasteiger partial charge in [0.25, 0.3) is 5.91 Å². The van der Waals surface area contributed by atoms with Gasteiger partial charge in [-0.1, -0.05) is 11.6 Å². The number of pyridine rings is 1. The van der Waals surface area contributed by atoms with E-state index in [1.807, 2.05) is 0 Å². The van der Waals surface area contributed by atoms with E-state index in [0.717, 1.165) is 0 Å². The van der Waals surface area contributed by atoms with E-state index < -0.39 is 0 Å². The van der Waals surface area contributed by atoms with Crippen LogP contribution in [0, 0.1) is 0 Å². The second kappa shape index (κ2) is 5.58. The van der Waals surface area contributed by atoms with Crippen LogP contribution in [0.4, 0.5) is 5.69 Å². The van der Waals surface area contributed by atoms with E-state index in [1.165, 1.54) is 25.4 Å². The summed E-state index contributed by atoms with van der Waals surface area (Å²) >= 11 is 5.95. The number of H-pyrrole nitrogens is 1. The highest BCUT2D eigenvalue weighted by Gasteiger charge is 2.08. The number of benzene rings is 1. The molecule has 2 N–H and O–H groups in total. The Morgan fingerprint density at radius 1 is 1.32 bits per heavy atom. The predicted molar refractivity (Wildman–Crippen MR) is 73.0 cm³/mol. The van der Waals surface area contributed by atoms with Gasteiger partial charge in [-0.05, 0) is 24.3 Å². The minimum absolute atomic E-state index is 0.274. The maximum atomic E-state index is 11.9. The molecule has 1 aromatic heterocycles. The Balaban J connectivity index is 2.19. The van der Waals surface area contributed by atoms with Gasteiger partial charge in [-0.25, -0.2) is 0 Å². The van der Waals surface area contributed by atoms with E-state index in [9.17, 15) is 9.59 Å². The maximum Gasteiger partial charge on any atom is 0.255 e. The number of methoxy groups -OCH3 is 1. The summed E-state index contributed by atoms with van der Waals surface area (Å²) in [6, 6.07) is 7.62. The summed E-state index contributed by atoms with van der Waals surface area (Å²) in [6.45, 7) is 0. The number of nitrogens with one attached hydrogen (secondary N) is 2. The van der Waals surface area contributed by atoms with Crippen molar-refractivity contribution < 1.29 is 9.53 Å². The smallest absolute Gasteiger partial charge is 0.255 e. The summed E-state index contributed by atoms with van der Waals surface area (Å²) < 4.78 is 5.02. The summed E-state index contributed by atoms with van der Waals surface area (Å²) in [5.74, 6) is 0.142. The van der Waals surface area contributed by atoms with E-state index in [2.05, 4.69) is 10.3 Å². The molecule has 0 saturated heterocycles. The van der Waals surface area contributed by atoms with Crippen LogP contribution in [-0.2, 0) is 0 Å². The fraction of sp³-hybridized carbons (Fsp3) is 0.0769. The lowest BCUT2D eigenvalue weighted by atomic mass is 10.2. The highest BCUT2D eigenvalue weighted by molar-refractivity contribution is 6.32. The highest BCUT2D eigenvalue weighted by Crippen LogP contribution is 2.27. The molecule has 0 aliphatic carbocycles. The molecular formula is C13H11ClN2O3. The van der Waals surface area contributed by atoms with Crippen molar-refractivity contribution in [1.82, 2.24) is 4.98 Å². The third-order valence-corrected chi connectivity index (χ3v) is 2.74. The maximum absolute atomic E-state index is 11.9. The number of halogens is 1. The van der Waals surface area contributed by atoms with Gasteiger partial charge in [0.1, 0.15) is 5.75 Å². The number of hydrogen-bond donors (Lipinski definition) is 2. The van der Waals surface area contributed by atoms with Gasteiger partial charge < -0.3 is 15.0 Å². The quantitative estimate of drug-likeness (QED) is 0.905. The van der Waals surface area contributed by atoms with Crippen molar-refractivity contribution in [3.05, 3.63) is 57.5 Å². The number of amides is 1. The molecule has 0 saturated carbocycles. The molecule has 0 atom stereocenters. The van der Waals surface area contributed by atoms with Crippen LogP contribution in [0.3, 0.4) is 0 Å². The van der Waals surface area contributed by atoms with Crippen LogP contribution in [0.2, 0.25) is 5.02 Å². The Morgan fingerprint density at radius 2 is 2.11 bits per heavy atom. The highest BCUT2D eigenvalue weighted by atomic mass is 35.5. The summed E-state index contributed by atoms with van der Waals surface area (Å²) in [5, 5.41) is 3.04. The number of carbonyl (C=O) groups excluding carboxylic acids is 1. The summed E-state index contributed by atoms with van der Waals surface area (Å²) in [7, 11) is 1.51. The number of carbonyl (C=O) groups is 1. The van der Waals surface area contributed by atoms with Crippen molar-refractivity contribution in [2.45, 2.75) is 0 Å². The van der Waals surface area contributed by atoms with Gasteiger partial charge in [0.05, 0.1) is 12.1 Å². The third kappa shape index (κ3) is 3.14. The van der Waals surface area contributed by atoms with E-state index in [4.69, 9.17) is 16.3 Å². The van der Waals surface area contributed by atoms with Gasteiger partial charge in [-0.15, -0.1) is 0 Å². The third-order valence-electron chi connectivity index (χ3n) is 2.45. The molecule has 1 heterocycles. The Bertz CT molecular complexity index is 667. The molecule has 1 amide bonds. The fourth-order valence-corrected chi connectivity index (χ4v) is 1.79. The molecule has 2 aromatic rings. The number of anilines is 1. The van der Waals surface area contributed by atoms with Crippen molar-refractivity contribution in [2.24, 2.45) is 0 Å². The molecule has 2 rings (SSSR count). The number of ether oxygens (including phenoxy) is 1. The number of rotatable bonds is 3. The second-order valence-electron chi connectivity index (χ2n) is 3.75. The molecule has 0 spiro atoms. The van der Waals surface area contributed by atoms with Gasteiger partial charge >= 0.3 is 0 Å². The van der Waals surface area contributed by atoms with Crippen LogP contribution in [-0.4, -0.2) is 18.0 Å². The second-order valence-corrected chi connectivity index (χ2v) is 4.15. The lowest BCUT2D eigenvalue weighted by Crippen LogP contribution is -2.15. The number of aromatic nitrogens is 1. The monoisotopic (exact) mass is 278 g/mol. The van der Waals surface area contributed by atoms with Crippen LogP contribution < -0.4 is 15.6 Å². The molecule has 0 fully saturated rings. The average Bonchev–Trinajstić information content (AvgIpc) is 2.39. The molecule has 0 aliphatic rings. The van der Waals surface area contributed by atoms with Crippen LogP contribution >= 0.6 is 11.6 Å². The minimum Gasteiger partial charge on any atom is -0.495 e. The first-order valence-electron chi connectivity index (χ1n) is 5.44. The zero-order valence-electron chi connectivity index (χ0n) is 10.1. The first-order chi connectivity index (χ1) is 9.10. The van der Waals surface area contributed by atoms with E-state index >= 15 is 0 Å². The van der Waals surface area contributed by atoms with Gasteiger partial charge in [-0.2, -0.15) is 0 Å². The molecule has 0 radical (unpaired) electrons. The number of hydrogen-bond acceptors (Lipinski definition) is 3. The largest absolute Gasteiger partial charge is 0.495 e. The molecule has 19 heavy (non-hydrogen) atoms. The molecule has 0 bridgehead atoms. The first-order valence-corrected chi connectivity index (χ1v) is 5.81. The zero-order valence-corrected chi connectivity index (χ0v) is 10.8. The molecule has 0 aliphatic heterocycles. The zero-order chi connectivity index (χ0) is 13.8. The van der Waals surface area contributed by atoms with Gasteiger partial charge in [0, 0.05) is 23.5 Å². The Labute approximate surface area is 114 Å². The minimum atomic E-state index is -0.382. The Kier molecular flexibility index (Phi) is 3.87. The molecule has 1 aromatic carbocycles. The van der Waals surface area contributed by atoms with Crippen molar-refractivity contribution >= 4 is 23.2 Å². The lowest BCUT2D eigenvalue weighted by Gasteiger charge is -2.07. The number of aromatic amines is 1. The molecule has 5 nitrogen and oxygen atoms in total. The predicted octanol–water partition coefficient (Wildman–Crippen LogP) is 2.29. The summed E-state index contributed by atoms with van der Waals surface area (Å²) in [6.07, 6.45) is 1.41. The Hall–Kier alpha value is -2.27. The lowest BCUT2D eigenvalue weighted by molar-refractivity contribution is 0.102. The van der Waals surface area contributed by atoms with Crippen molar-refractivity contribution in [3.63, 3.8) is 0 Å². The van der Waals surface area contributed by atoms with Gasteiger partial charge in [-0.3, -0.25) is 9.59 Å². The van der Waals surface area contributed by atoms with E-state index in [1.54, 1.807) is 18.2 Å². The fourth-order valence-electron chi connectivity index (χ4n) is 1.53. The SMILES string of the molecule is COc1ccc(NC(=O)c2cc[nH]c(=O)c2)cc1Cl. The normalized spacial score (nSPS) is 10.0.